The highest BCUT2D eigenvalue weighted by molar-refractivity contribution is 14.1. The minimum Gasteiger partial charge on any atom is -0.0587 e. The molecule has 0 aliphatic carbocycles. The minimum absolute atomic E-state index is 1.29. The summed E-state index contributed by atoms with van der Waals surface area (Å²) >= 11 is 2.37. The highest BCUT2D eigenvalue weighted by Gasteiger charge is 2.01. The Morgan fingerprint density at radius 2 is 1.31 bits per heavy atom. The molecule has 0 aliphatic rings. The van der Waals surface area contributed by atoms with Crippen molar-refractivity contribution in [3.8, 4) is 0 Å². The summed E-state index contributed by atoms with van der Waals surface area (Å²) in [6.07, 6.45) is 0. The van der Waals surface area contributed by atoms with E-state index in [-0.39, 0.29) is 0 Å². The van der Waals surface area contributed by atoms with Crippen LogP contribution in [0.25, 0.3) is 21.5 Å². The molecule has 78 valence electrons. The quantitative estimate of drug-likeness (QED) is 0.408. The first kappa shape index (κ1) is 10.1. The van der Waals surface area contributed by atoms with Crippen LogP contribution in [-0.4, -0.2) is 0 Å². The Bertz CT molecular complexity index is 623. The third-order valence-electron chi connectivity index (χ3n) is 2.96. The van der Waals surface area contributed by atoms with Gasteiger partial charge in [0.05, 0.1) is 0 Å². The van der Waals surface area contributed by atoms with Crippen molar-refractivity contribution in [2.75, 3.05) is 0 Å². The average molecular weight is 318 g/mol. The first-order valence-corrected chi connectivity index (χ1v) is 6.40. The van der Waals surface area contributed by atoms with E-state index in [4.69, 9.17) is 0 Å². The van der Waals surface area contributed by atoms with Gasteiger partial charge in [0, 0.05) is 3.57 Å². The Morgan fingerprint density at radius 3 is 2.06 bits per heavy atom. The monoisotopic (exact) mass is 318 g/mol. The molecule has 0 unspecified atom stereocenters. The van der Waals surface area contributed by atoms with Crippen molar-refractivity contribution < 1.29 is 0 Å². The van der Waals surface area contributed by atoms with Crippen molar-refractivity contribution in [3.05, 3.63) is 57.7 Å². The lowest BCUT2D eigenvalue weighted by Gasteiger charge is -2.05. The molecule has 3 rings (SSSR count). The van der Waals surface area contributed by atoms with Crippen molar-refractivity contribution in [1.82, 2.24) is 0 Å². The van der Waals surface area contributed by atoms with Gasteiger partial charge >= 0.3 is 0 Å². The van der Waals surface area contributed by atoms with E-state index in [2.05, 4.69) is 78.0 Å². The topological polar surface area (TPSA) is 0 Å². The first-order valence-electron chi connectivity index (χ1n) is 5.33. The molecule has 0 aliphatic heterocycles. The highest BCUT2D eigenvalue weighted by Crippen LogP contribution is 2.27. The Labute approximate surface area is 108 Å². The lowest BCUT2D eigenvalue weighted by molar-refractivity contribution is 1.51. The largest absolute Gasteiger partial charge is 0.0587 e. The zero-order valence-electron chi connectivity index (χ0n) is 9.00. The molecule has 16 heavy (non-hydrogen) atoms. The minimum atomic E-state index is 1.29. The number of hydrogen-bond donors (Lipinski definition) is 0. The van der Waals surface area contributed by atoms with E-state index < -0.39 is 0 Å². The van der Waals surface area contributed by atoms with Crippen LogP contribution < -0.4 is 0 Å². The fourth-order valence-electron chi connectivity index (χ4n) is 2.14. The molecule has 0 atom stereocenters. The number of fused-ring (bicyclic) bond motifs is 3. The van der Waals surface area contributed by atoms with Crippen LogP contribution in [0, 0.1) is 10.5 Å². The van der Waals surface area contributed by atoms with E-state index in [1.54, 1.807) is 0 Å². The fourth-order valence-corrected chi connectivity index (χ4v) is 2.63. The van der Waals surface area contributed by atoms with Gasteiger partial charge in [-0.2, -0.15) is 0 Å². The standard InChI is InChI=1S/C15H11I/c1-10-2-3-11-4-5-12-6-7-13(16)9-15(12)14(11)8-10/h2-9H,1H3. The van der Waals surface area contributed by atoms with Gasteiger partial charge in [-0.1, -0.05) is 42.0 Å². The summed E-state index contributed by atoms with van der Waals surface area (Å²) in [5.41, 5.74) is 1.32. The molecule has 0 aromatic heterocycles. The Balaban J connectivity index is 2.55. The van der Waals surface area contributed by atoms with Gasteiger partial charge < -0.3 is 0 Å². The van der Waals surface area contributed by atoms with Gasteiger partial charge in [-0.15, -0.1) is 0 Å². The molecule has 3 aromatic rings. The number of aryl methyl sites for hydroxylation is 1. The van der Waals surface area contributed by atoms with Gasteiger partial charge in [-0.25, -0.2) is 0 Å². The van der Waals surface area contributed by atoms with Crippen molar-refractivity contribution >= 4 is 44.1 Å². The van der Waals surface area contributed by atoms with Crippen LogP contribution in [0.2, 0.25) is 0 Å². The van der Waals surface area contributed by atoms with E-state index in [9.17, 15) is 0 Å². The second kappa shape index (κ2) is 3.74. The van der Waals surface area contributed by atoms with Crippen LogP contribution in [-0.2, 0) is 0 Å². The van der Waals surface area contributed by atoms with Crippen LogP contribution in [0.1, 0.15) is 5.56 Å². The summed E-state index contributed by atoms with van der Waals surface area (Å²) in [4.78, 5) is 0. The number of halogens is 1. The smallest absolute Gasteiger partial charge is 0.0136 e. The zero-order chi connectivity index (χ0) is 11.1. The van der Waals surface area contributed by atoms with Crippen molar-refractivity contribution in [3.63, 3.8) is 0 Å². The van der Waals surface area contributed by atoms with Gasteiger partial charge in [-0.3, -0.25) is 0 Å². The second-order valence-corrected chi connectivity index (χ2v) is 5.40. The summed E-state index contributed by atoms with van der Waals surface area (Å²) in [7, 11) is 0. The summed E-state index contributed by atoms with van der Waals surface area (Å²) in [6, 6.07) is 17.6. The van der Waals surface area contributed by atoms with Crippen molar-refractivity contribution in [2.24, 2.45) is 0 Å². The van der Waals surface area contributed by atoms with E-state index in [1.807, 2.05) is 0 Å². The maximum absolute atomic E-state index is 2.37. The summed E-state index contributed by atoms with van der Waals surface area (Å²) in [5, 5.41) is 5.35. The van der Waals surface area contributed by atoms with Gasteiger partial charge in [0.15, 0.2) is 0 Å². The Morgan fingerprint density at radius 1 is 0.750 bits per heavy atom. The molecule has 3 aromatic carbocycles. The van der Waals surface area contributed by atoms with E-state index >= 15 is 0 Å². The van der Waals surface area contributed by atoms with Crippen LogP contribution in [0.4, 0.5) is 0 Å². The Kier molecular flexibility index (Phi) is 2.36. The second-order valence-electron chi connectivity index (χ2n) is 4.16. The predicted octanol–water partition coefficient (Wildman–Crippen LogP) is 4.91. The van der Waals surface area contributed by atoms with E-state index in [0.29, 0.717) is 0 Å². The molecule has 0 heterocycles. The average Bonchev–Trinajstić information content (AvgIpc) is 2.29. The first-order chi connectivity index (χ1) is 7.74. The van der Waals surface area contributed by atoms with Crippen LogP contribution in [0.3, 0.4) is 0 Å². The van der Waals surface area contributed by atoms with Gasteiger partial charge in [0.2, 0.25) is 0 Å². The number of hydrogen-bond acceptors (Lipinski definition) is 0. The van der Waals surface area contributed by atoms with Gasteiger partial charge in [0.25, 0.3) is 0 Å². The molecule has 0 spiro atoms. The maximum atomic E-state index is 2.37. The van der Waals surface area contributed by atoms with Crippen LogP contribution >= 0.6 is 22.6 Å². The molecular formula is C15H11I. The molecule has 0 amide bonds. The molecule has 0 saturated heterocycles. The molecule has 0 fully saturated rings. The van der Waals surface area contributed by atoms with E-state index in [0.717, 1.165) is 0 Å². The lowest BCUT2D eigenvalue weighted by Crippen LogP contribution is -1.80. The third-order valence-corrected chi connectivity index (χ3v) is 3.63. The molecular weight excluding hydrogens is 307 g/mol. The molecule has 0 saturated carbocycles. The molecule has 0 radical (unpaired) electrons. The van der Waals surface area contributed by atoms with Crippen LogP contribution in [0.5, 0.6) is 0 Å². The lowest BCUT2D eigenvalue weighted by atomic mass is 10.0. The van der Waals surface area contributed by atoms with Gasteiger partial charge in [0.1, 0.15) is 0 Å². The highest BCUT2D eigenvalue weighted by atomic mass is 127. The van der Waals surface area contributed by atoms with E-state index in [1.165, 1.54) is 30.7 Å². The Hall–Kier alpha value is -1.09. The van der Waals surface area contributed by atoms with Crippen LogP contribution in [0.15, 0.2) is 48.5 Å². The van der Waals surface area contributed by atoms with Gasteiger partial charge in [-0.05, 0) is 63.2 Å². The van der Waals surface area contributed by atoms with Crippen molar-refractivity contribution in [2.45, 2.75) is 6.92 Å². The zero-order valence-corrected chi connectivity index (χ0v) is 11.2. The molecule has 0 bridgehead atoms. The fraction of sp³-hybridized carbons (Fsp3) is 0.0667. The molecule has 0 nitrogen and oxygen atoms in total. The van der Waals surface area contributed by atoms with Crippen molar-refractivity contribution in [1.29, 1.82) is 0 Å². The summed E-state index contributed by atoms with van der Waals surface area (Å²) in [5.74, 6) is 0. The normalized spacial score (nSPS) is 11.1. The maximum Gasteiger partial charge on any atom is 0.0136 e. The number of benzene rings is 3. The molecule has 1 heteroatoms. The third kappa shape index (κ3) is 1.59. The summed E-state index contributed by atoms with van der Waals surface area (Å²) < 4.78 is 1.29. The summed E-state index contributed by atoms with van der Waals surface area (Å²) in [6.45, 7) is 2.15. The molecule has 0 N–H and O–H groups in total. The number of rotatable bonds is 0. The SMILES string of the molecule is Cc1ccc2ccc3ccc(I)cc3c2c1. The predicted molar refractivity (Wildman–Crippen MR) is 78.9 cm³/mol.